The summed E-state index contributed by atoms with van der Waals surface area (Å²) in [6, 6.07) is 19.8. The van der Waals surface area contributed by atoms with Crippen LogP contribution >= 0.6 is 15.9 Å². The predicted octanol–water partition coefficient (Wildman–Crippen LogP) is 4.54. The minimum absolute atomic E-state index is 0.150. The molecule has 0 aromatic heterocycles. The molecular formula is C21H19BrN2O4S. The van der Waals surface area contributed by atoms with Crippen LogP contribution in [0.15, 0.2) is 82.2 Å². The number of nitrogens with zero attached hydrogens (tertiary/aromatic N) is 1. The number of carbonyl (C=O) groups excluding carboxylic acids is 1. The molecule has 8 heteroatoms. The van der Waals surface area contributed by atoms with Gasteiger partial charge in [0.15, 0.2) is 0 Å². The second-order valence-corrected chi connectivity index (χ2v) is 9.04. The summed E-state index contributed by atoms with van der Waals surface area (Å²) in [4.78, 5) is 12.6. The molecule has 3 aromatic rings. The number of methoxy groups -OCH3 is 1. The first-order chi connectivity index (χ1) is 13.8. The number of hydrogen-bond donors (Lipinski definition) is 1. The van der Waals surface area contributed by atoms with Gasteiger partial charge in [0.05, 0.1) is 17.7 Å². The number of halogens is 1. The molecular weight excluding hydrogens is 456 g/mol. The normalized spacial score (nSPS) is 11.0. The SMILES string of the molecule is COc1ccc(S(=O)(=O)N(C)c2ccc(C(=O)Nc3cccc(Br)c3)cc2)cc1. The number of anilines is 2. The van der Waals surface area contributed by atoms with Gasteiger partial charge in [-0.2, -0.15) is 0 Å². The molecule has 0 fully saturated rings. The van der Waals surface area contributed by atoms with Gasteiger partial charge in [-0.25, -0.2) is 8.42 Å². The van der Waals surface area contributed by atoms with E-state index < -0.39 is 10.0 Å². The molecule has 1 N–H and O–H groups in total. The molecule has 3 rings (SSSR count). The van der Waals surface area contributed by atoms with Gasteiger partial charge in [0.1, 0.15) is 5.75 Å². The first-order valence-corrected chi connectivity index (χ1v) is 10.8. The zero-order valence-corrected chi connectivity index (χ0v) is 18.2. The molecule has 3 aromatic carbocycles. The highest BCUT2D eigenvalue weighted by atomic mass is 79.9. The topological polar surface area (TPSA) is 75.7 Å². The van der Waals surface area contributed by atoms with E-state index in [1.165, 1.54) is 30.6 Å². The van der Waals surface area contributed by atoms with Gasteiger partial charge in [-0.15, -0.1) is 0 Å². The number of nitrogens with one attached hydrogen (secondary N) is 1. The maximum absolute atomic E-state index is 12.8. The van der Waals surface area contributed by atoms with Crippen LogP contribution in [0.5, 0.6) is 5.75 Å². The number of carbonyl (C=O) groups is 1. The third-order valence-electron chi connectivity index (χ3n) is 4.29. The van der Waals surface area contributed by atoms with E-state index >= 15 is 0 Å². The van der Waals surface area contributed by atoms with E-state index in [1.54, 1.807) is 48.5 Å². The Bertz CT molecular complexity index is 1110. The third kappa shape index (κ3) is 4.78. The molecule has 0 unspecified atom stereocenters. The van der Waals surface area contributed by atoms with Crippen LogP contribution < -0.4 is 14.4 Å². The van der Waals surface area contributed by atoms with Gasteiger partial charge in [-0.05, 0) is 66.7 Å². The van der Waals surface area contributed by atoms with E-state index in [9.17, 15) is 13.2 Å². The zero-order valence-electron chi connectivity index (χ0n) is 15.8. The summed E-state index contributed by atoms with van der Waals surface area (Å²) >= 11 is 3.36. The highest BCUT2D eigenvalue weighted by Gasteiger charge is 2.21. The lowest BCUT2D eigenvalue weighted by atomic mass is 10.2. The lowest BCUT2D eigenvalue weighted by Gasteiger charge is -2.20. The summed E-state index contributed by atoms with van der Waals surface area (Å²) in [5, 5.41) is 2.80. The maximum atomic E-state index is 12.8. The highest BCUT2D eigenvalue weighted by molar-refractivity contribution is 9.10. The van der Waals surface area contributed by atoms with Crippen molar-refractivity contribution < 1.29 is 17.9 Å². The van der Waals surface area contributed by atoms with E-state index in [-0.39, 0.29) is 10.8 Å². The number of sulfonamides is 1. The smallest absolute Gasteiger partial charge is 0.264 e. The van der Waals surface area contributed by atoms with Gasteiger partial charge in [0, 0.05) is 22.8 Å². The van der Waals surface area contributed by atoms with Crippen LogP contribution in [-0.4, -0.2) is 28.5 Å². The summed E-state index contributed by atoms with van der Waals surface area (Å²) in [5.74, 6) is 0.294. The minimum atomic E-state index is -3.73. The van der Waals surface area contributed by atoms with Crippen LogP contribution in [0.2, 0.25) is 0 Å². The van der Waals surface area contributed by atoms with Crippen molar-refractivity contribution in [2.75, 3.05) is 23.8 Å². The van der Waals surface area contributed by atoms with Crippen molar-refractivity contribution in [2.24, 2.45) is 0 Å². The van der Waals surface area contributed by atoms with Crippen molar-refractivity contribution in [3.63, 3.8) is 0 Å². The van der Waals surface area contributed by atoms with Crippen LogP contribution in [0.4, 0.5) is 11.4 Å². The Morgan fingerprint density at radius 3 is 2.24 bits per heavy atom. The second-order valence-electron chi connectivity index (χ2n) is 6.16. The summed E-state index contributed by atoms with van der Waals surface area (Å²) < 4.78 is 32.7. The quantitative estimate of drug-likeness (QED) is 0.568. The number of rotatable bonds is 6. The third-order valence-corrected chi connectivity index (χ3v) is 6.59. The number of amides is 1. The molecule has 0 aliphatic heterocycles. The van der Waals surface area contributed by atoms with Crippen molar-refractivity contribution in [1.29, 1.82) is 0 Å². The highest BCUT2D eigenvalue weighted by Crippen LogP contribution is 2.24. The molecule has 0 aliphatic rings. The summed E-state index contributed by atoms with van der Waals surface area (Å²) in [6.07, 6.45) is 0. The standard InChI is InChI=1S/C21H19BrN2O4S/c1-24(29(26,27)20-12-10-19(28-2)11-13-20)18-8-6-15(7-9-18)21(25)23-17-5-3-4-16(22)14-17/h3-14H,1-2H3,(H,23,25). The van der Waals surface area contributed by atoms with Crippen LogP contribution in [0.25, 0.3) is 0 Å². The van der Waals surface area contributed by atoms with E-state index in [1.807, 2.05) is 12.1 Å². The van der Waals surface area contributed by atoms with Crippen molar-refractivity contribution in [1.82, 2.24) is 0 Å². The molecule has 0 bridgehead atoms. The van der Waals surface area contributed by atoms with Crippen LogP contribution in [0, 0.1) is 0 Å². The average Bonchev–Trinajstić information content (AvgIpc) is 2.73. The fraction of sp³-hybridized carbons (Fsp3) is 0.0952. The fourth-order valence-corrected chi connectivity index (χ4v) is 4.23. The van der Waals surface area contributed by atoms with Crippen molar-refractivity contribution in [3.05, 3.63) is 82.8 Å². The molecule has 150 valence electrons. The Kier molecular flexibility index (Phi) is 6.24. The molecule has 6 nitrogen and oxygen atoms in total. The first-order valence-electron chi connectivity index (χ1n) is 8.61. The molecule has 0 spiro atoms. The molecule has 0 aliphatic carbocycles. The van der Waals surface area contributed by atoms with Gasteiger partial charge < -0.3 is 10.1 Å². The van der Waals surface area contributed by atoms with Gasteiger partial charge in [0.25, 0.3) is 15.9 Å². The molecule has 0 radical (unpaired) electrons. The van der Waals surface area contributed by atoms with Crippen LogP contribution in [0.1, 0.15) is 10.4 Å². The van der Waals surface area contributed by atoms with E-state index in [4.69, 9.17) is 4.74 Å². The first kappa shape index (κ1) is 20.9. The summed E-state index contributed by atoms with van der Waals surface area (Å²) in [6.45, 7) is 0. The molecule has 29 heavy (non-hydrogen) atoms. The van der Waals surface area contributed by atoms with E-state index in [0.717, 1.165) is 4.47 Å². The Labute approximate surface area is 178 Å². The Morgan fingerprint density at radius 1 is 1.00 bits per heavy atom. The number of ether oxygens (including phenoxy) is 1. The molecule has 0 atom stereocenters. The Balaban J connectivity index is 1.76. The zero-order chi connectivity index (χ0) is 21.0. The van der Waals surface area contributed by atoms with Crippen molar-refractivity contribution >= 4 is 43.2 Å². The summed E-state index contributed by atoms with van der Waals surface area (Å²) in [5.41, 5.74) is 1.52. The van der Waals surface area contributed by atoms with Gasteiger partial charge in [-0.3, -0.25) is 9.10 Å². The largest absolute Gasteiger partial charge is 0.497 e. The second kappa shape index (κ2) is 8.67. The van der Waals surface area contributed by atoms with E-state index in [0.29, 0.717) is 22.7 Å². The lowest BCUT2D eigenvalue weighted by Crippen LogP contribution is -2.26. The Hall–Kier alpha value is -2.84. The van der Waals surface area contributed by atoms with Crippen molar-refractivity contribution in [2.45, 2.75) is 4.90 Å². The van der Waals surface area contributed by atoms with Crippen LogP contribution in [-0.2, 0) is 10.0 Å². The monoisotopic (exact) mass is 474 g/mol. The van der Waals surface area contributed by atoms with Gasteiger partial charge in [-0.1, -0.05) is 22.0 Å². The lowest BCUT2D eigenvalue weighted by molar-refractivity contribution is 0.102. The number of hydrogen-bond acceptors (Lipinski definition) is 4. The van der Waals surface area contributed by atoms with Gasteiger partial charge in [0.2, 0.25) is 0 Å². The van der Waals surface area contributed by atoms with E-state index in [2.05, 4.69) is 21.2 Å². The van der Waals surface area contributed by atoms with Crippen LogP contribution in [0.3, 0.4) is 0 Å². The maximum Gasteiger partial charge on any atom is 0.264 e. The predicted molar refractivity (Wildman–Crippen MR) is 117 cm³/mol. The Morgan fingerprint density at radius 2 is 1.66 bits per heavy atom. The molecule has 0 saturated carbocycles. The molecule has 0 heterocycles. The average molecular weight is 475 g/mol. The minimum Gasteiger partial charge on any atom is -0.497 e. The van der Waals surface area contributed by atoms with Crippen molar-refractivity contribution in [3.8, 4) is 5.75 Å². The van der Waals surface area contributed by atoms with Gasteiger partial charge >= 0.3 is 0 Å². The summed E-state index contributed by atoms with van der Waals surface area (Å²) in [7, 11) is -0.745. The fourth-order valence-electron chi connectivity index (χ4n) is 2.64. The molecule has 1 amide bonds. The number of benzene rings is 3. The molecule has 0 saturated heterocycles.